The van der Waals surface area contributed by atoms with Crippen LogP contribution < -0.4 is 16.4 Å². The number of anilines is 1. The average molecular weight is 502 g/mol. The number of allylic oxidation sites excluding steroid dienone is 1. The molecule has 0 spiro atoms. The minimum Gasteiger partial charge on any atom is -0.382 e. The summed E-state index contributed by atoms with van der Waals surface area (Å²) in [6.45, 7) is 5.16. The molecule has 36 heavy (non-hydrogen) atoms. The van der Waals surface area contributed by atoms with Gasteiger partial charge < -0.3 is 16.4 Å². The number of pyridine rings is 1. The molecule has 1 aliphatic heterocycles. The maximum absolute atomic E-state index is 13.6. The van der Waals surface area contributed by atoms with Crippen molar-refractivity contribution < 1.29 is 22.8 Å². The quantitative estimate of drug-likeness (QED) is 0.487. The van der Waals surface area contributed by atoms with E-state index in [0.29, 0.717) is 35.2 Å². The van der Waals surface area contributed by atoms with E-state index >= 15 is 0 Å². The Morgan fingerprint density at radius 2 is 1.89 bits per heavy atom. The Bertz CT molecular complexity index is 1180. The predicted molar refractivity (Wildman–Crippen MR) is 134 cm³/mol. The Morgan fingerprint density at radius 3 is 2.53 bits per heavy atom. The summed E-state index contributed by atoms with van der Waals surface area (Å²) in [5, 5.41) is 7.23. The van der Waals surface area contributed by atoms with Crippen LogP contribution in [-0.2, 0) is 9.59 Å². The highest BCUT2D eigenvalue weighted by atomic mass is 19.4. The number of amides is 2. The number of nitrogens with two attached hydrogens (primary N) is 1. The number of rotatable bonds is 9. The first kappa shape index (κ1) is 25.7. The van der Waals surface area contributed by atoms with E-state index in [0.717, 1.165) is 25.7 Å². The van der Waals surface area contributed by atoms with Gasteiger partial charge in [-0.15, -0.1) is 0 Å². The molecule has 2 aliphatic rings. The third-order valence-corrected chi connectivity index (χ3v) is 6.48. The number of halogens is 3. The van der Waals surface area contributed by atoms with Gasteiger partial charge in [0.25, 0.3) is 0 Å². The normalized spacial score (nSPS) is 17.4. The van der Waals surface area contributed by atoms with Crippen LogP contribution in [0.25, 0.3) is 22.4 Å². The van der Waals surface area contributed by atoms with Crippen LogP contribution >= 0.6 is 0 Å². The largest absolute Gasteiger partial charge is 0.417 e. The molecule has 2 heterocycles. The number of carbonyl (C=O) groups excluding carboxylic acids is 2. The molecule has 7 nitrogen and oxygen atoms in total. The zero-order chi connectivity index (χ0) is 25.9. The standard InChI is InChI=1S/C26H30F3N5O2/c1-16(26(27,28)29)24-20-5-2-6-22(32-18-9-12-34(13-10-18)15-23(30)35)21(20)14-19(33-24)4-3-11-31-25(36)17-7-8-17/h2-6,14,17-18,32H,1,7-13,15H2,(H2,30,35)(H,31,36)/b4-3+. The van der Waals surface area contributed by atoms with Crippen molar-refractivity contribution in [2.75, 3.05) is 31.5 Å². The summed E-state index contributed by atoms with van der Waals surface area (Å²) in [5.74, 6) is -0.297. The molecule has 192 valence electrons. The first-order valence-electron chi connectivity index (χ1n) is 12.0. The molecule has 0 atom stereocenters. The number of aromatic nitrogens is 1. The summed E-state index contributed by atoms with van der Waals surface area (Å²) >= 11 is 0. The SMILES string of the molecule is C=C(c1nc(/C=C/CNC(=O)C2CC2)cc2c(NC3CCN(CC(N)=O)CC3)cccc12)C(F)(F)F. The van der Waals surface area contributed by atoms with Gasteiger partial charge in [0.1, 0.15) is 0 Å². The average Bonchev–Trinajstić information content (AvgIpc) is 3.67. The third-order valence-electron chi connectivity index (χ3n) is 6.48. The van der Waals surface area contributed by atoms with Crippen LogP contribution in [0, 0.1) is 5.92 Å². The molecule has 0 unspecified atom stereocenters. The van der Waals surface area contributed by atoms with Crippen LogP contribution in [0.5, 0.6) is 0 Å². The molecule has 1 saturated heterocycles. The second-order valence-electron chi connectivity index (χ2n) is 9.36. The van der Waals surface area contributed by atoms with E-state index in [1.807, 2.05) is 11.0 Å². The Labute approximate surface area is 207 Å². The smallest absolute Gasteiger partial charge is 0.382 e. The van der Waals surface area contributed by atoms with Gasteiger partial charge in [-0.05, 0) is 43.9 Å². The highest BCUT2D eigenvalue weighted by molar-refractivity contribution is 6.00. The minimum absolute atomic E-state index is 0.00868. The minimum atomic E-state index is -4.63. The molecular formula is C26H30F3N5O2. The Balaban J connectivity index is 1.59. The lowest BCUT2D eigenvalue weighted by molar-refractivity contribution is -0.122. The van der Waals surface area contributed by atoms with E-state index in [1.165, 1.54) is 0 Å². The van der Waals surface area contributed by atoms with Crippen LogP contribution in [0.1, 0.15) is 37.1 Å². The number of piperidine rings is 1. The molecule has 0 bridgehead atoms. The maximum atomic E-state index is 13.6. The van der Waals surface area contributed by atoms with E-state index in [1.54, 1.807) is 30.4 Å². The zero-order valence-corrected chi connectivity index (χ0v) is 19.9. The van der Waals surface area contributed by atoms with Crippen molar-refractivity contribution in [3.8, 4) is 0 Å². The fourth-order valence-electron chi connectivity index (χ4n) is 4.38. The van der Waals surface area contributed by atoms with Crippen LogP contribution in [0.15, 0.2) is 36.9 Å². The maximum Gasteiger partial charge on any atom is 0.417 e. The number of primary amides is 1. The Hall–Kier alpha value is -3.40. The summed E-state index contributed by atoms with van der Waals surface area (Å²) < 4.78 is 40.8. The summed E-state index contributed by atoms with van der Waals surface area (Å²) in [4.78, 5) is 29.3. The Kier molecular flexibility index (Phi) is 7.63. The highest BCUT2D eigenvalue weighted by Crippen LogP contribution is 2.37. The monoisotopic (exact) mass is 501 g/mol. The van der Waals surface area contributed by atoms with E-state index in [-0.39, 0.29) is 42.6 Å². The predicted octanol–water partition coefficient (Wildman–Crippen LogP) is 3.71. The molecule has 4 rings (SSSR count). The lowest BCUT2D eigenvalue weighted by atomic mass is 10.00. The lowest BCUT2D eigenvalue weighted by Gasteiger charge is -2.32. The van der Waals surface area contributed by atoms with Crippen molar-refractivity contribution in [1.82, 2.24) is 15.2 Å². The number of likely N-dealkylation sites (tertiary alicyclic amines) is 1. The molecule has 4 N–H and O–H groups in total. The molecule has 1 aliphatic carbocycles. The molecule has 2 amide bonds. The number of nitrogens with one attached hydrogen (secondary N) is 2. The fraction of sp³-hybridized carbons (Fsp3) is 0.423. The summed E-state index contributed by atoms with van der Waals surface area (Å²) in [6.07, 6.45) is 1.99. The van der Waals surface area contributed by atoms with Gasteiger partial charge >= 0.3 is 6.18 Å². The lowest BCUT2D eigenvalue weighted by Crippen LogP contribution is -2.42. The molecule has 1 aromatic carbocycles. The van der Waals surface area contributed by atoms with E-state index in [2.05, 4.69) is 22.2 Å². The van der Waals surface area contributed by atoms with Gasteiger partial charge in [0, 0.05) is 48.1 Å². The number of hydrogen-bond donors (Lipinski definition) is 3. The number of hydrogen-bond acceptors (Lipinski definition) is 5. The number of alkyl halides is 3. The number of nitrogens with zero attached hydrogens (tertiary/aromatic N) is 2. The van der Waals surface area contributed by atoms with Crippen molar-refractivity contribution >= 4 is 39.9 Å². The zero-order valence-electron chi connectivity index (χ0n) is 19.9. The van der Waals surface area contributed by atoms with Crippen molar-refractivity contribution in [1.29, 1.82) is 0 Å². The van der Waals surface area contributed by atoms with Crippen molar-refractivity contribution in [3.63, 3.8) is 0 Å². The summed E-state index contributed by atoms with van der Waals surface area (Å²) in [7, 11) is 0. The topological polar surface area (TPSA) is 100 Å². The van der Waals surface area contributed by atoms with Gasteiger partial charge in [-0.1, -0.05) is 24.8 Å². The van der Waals surface area contributed by atoms with E-state index < -0.39 is 11.7 Å². The molecule has 0 radical (unpaired) electrons. The first-order chi connectivity index (χ1) is 17.1. The fourth-order valence-corrected chi connectivity index (χ4v) is 4.38. The molecule has 2 fully saturated rings. The summed E-state index contributed by atoms with van der Waals surface area (Å²) in [5.41, 5.74) is 5.10. The number of benzene rings is 1. The van der Waals surface area contributed by atoms with Gasteiger partial charge in [0.15, 0.2) is 0 Å². The highest BCUT2D eigenvalue weighted by Gasteiger charge is 2.35. The van der Waals surface area contributed by atoms with Crippen LogP contribution in [0.4, 0.5) is 18.9 Å². The van der Waals surface area contributed by atoms with Gasteiger partial charge in [-0.2, -0.15) is 13.2 Å². The molecule has 10 heteroatoms. The first-order valence-corrected chi connectivity index (χ1v) is 12.0. The van der Waals surface area contributed by atoms with Gasteiger partial charge in [0.05, 0.1) is 23.5 Å². The molecule has 1 saturated carbocycles. The van der Waals surface area contributed by atoms with Gasteiger partial charge in [0.2, 0.25) is 11.8 Å². The van der Waals surface area contributed by atoms with Crippen LogP contribution in [-0.4, -0.2) is 60.1 Å². The summed E-state index contributed by atoms with van der Waals surface area (Å²) in [6, 6.07) is 6.98. The number of fused-ring (bicyclic) bond motifs is 1. The van der Waals surface area contributed by atoms with E-state index in [4.69, 9.17) is 5.73 Å². The van der Waals surface area contributed by atoms with Gasteiger partial charge in [-0.3, -0.25) is 14.5 Å². The second-order valence-corrected chi connectivity index (χ2v) is 9.36. The van der Waals surface area contributed by atoms with Gasteiger partial charge in [-0.25, -0.2) is 4.98 Å². The second kappa shape index (κ2) is 10.7. The van der Waals surface area contributed by atoms with Crippen LogP contribution in [0.3, 0.4) is 0 Å². The van der Waals surface area contributed by atoms with Crippen LogP contribution in [0.2, 0.25) is 0 Å². The van der Waals surface area contributed by atoms with Crippen molar-refractivity contribution in [2.24, 2.45) is 11.7 Å². The number of carbonyl (C=O) groups is 2. The third kappa shape index (κ3) is 6.42. The van der Waals surface area contributed by atoms with Crippen molar-refractivity contribution in [2.45, 2.75) is 37.9 Å². The molecule has 1 aromatic heterocycles. The van der Waals surface area contributed by atoms with E-state index in [9.17, 15) is 22.8 Å². The van der Waals surface area contributed by atoms with Crippen molar-refractivity contribution in [3.05, 3.63) is 48.3 Å². The molecular weight excluding hydrogens is 471 g/mol. The Morgan fingerprint density at radius 1 is 1.17 bits per heavy atom. The molecule has 2 aromatic rings.